The van der Waals surface area contributed by atoms with Crippen LogP contribution in [0.25, 0.3) is 6.08 Å². The van der Waals surface area contributed by atoms with Crippen LogP contribution < -0.4 is 0 Å². The lowest BCUT2D eigenvalue weighted by molar-refractivity contribution is -0.126. The van der Waals surface area contributed by atoms with E-state index in [-0.39, 0.29) is 23.5 Å². The molecule has 1 aromatic heterocycles. The summed E-state index contributed by atoms with van der Waals surface area (Å²) in [5, 5.41) is 5.70. The van der Waals surface area contributed by atoms with Gasteiger partial charge < -0.3 is 4.90 Å². The van der Waals surface area contributed by atoms with Gasteiger partial charge in [-0.15, -0.1) is 0 Å². The lowest BCUT2D eigenvalue weighted by Gasteiger charge is -2.21. The number of likely N-dealkylation sites (N-methyl/N-ethyl adjacent to an activating group) is 1. The van der Waals surface area contributed by atoms with Crippen LogP contribution in [0.3, 0.4) is 0 Å². The number of carbonyl (C=O) groups excluding carboxylic acids is 1. The number of amides is 1. The molecule has 6 nitrogen and oxygen atoms in total. The normalized spacial score (nSPS) is 18.4. The maximum atomic E-state index is 12.5. The summed E-state index contributed by atoms with van der Waals surface area (Å²) in [5.74, 6) is -0.0699. The largest absolute Gasteiger partial charge is 0.338 e. The quantitative estimate of drug-likeness (QED) is 0.646. The summed E-state index contributed by atoms with van der Waals surface area (Å²) >= 11 is 12.5. The lowest BCUT2D eigenvalue weighted by Crippen LogP contribution is -2.36. The van der Waals surface area contributed by atoms with Crippen molar-refractivity contribution in [2.24, 2.45) is 0 Å². The van der Waals surface area contributed by atoms with Crippen LogP contribution in [0.2, 0.25) is 10.0 Å². The van der Waals surface area contributed by atoms with E-state index in [2.05, 4.69) is 5.10 Å². The Balaban J connectivity index is 1.77. The average molecular weight is 456 g/mol. The van der Waals surface area contributed by atoms with Gasteiger partial charge in [-0.3, -0.25) is 9.48 Å². The Morgan fingerprint density at radius 3 is 2.55 bits per heavy atom. The Labute approximate surface area is 181 Å². The Bertz CT molecular complexity index is 1060. The van der Waals surface area contributed by atoms with Crippen LogP contribution in [0.5, 0.6) is 0 Å². The summed E-state index contributed by atoms with van der Waals surface area (Å²) in [6.45, 7) is 4.21. The number of sulfone groups is 1. The van der Waals surface area contributed by atoms with Gasteiger partial charge in [0.1, 0.15) is 0 Å². The predicted molar refractivity (Wildman–Crippen MR) is 116 cm³/mol. The predicted octanol–water partition coefficient (Wildman–Crippen LogP) is 3.51. The smallest absolute Gasteiger partial charge is 0.246 e. The maximum absolute atomic E-state index is 12.5. The number of hydrogen-bond acceptors (Lipinski definition) is 4. The highest BCUT2D eigenvalue weighted by atomic mass is 35.5. The van der Waals surface area contributed by atoms with Gasteiger partial charge >= 0.3 is 0 Å². The van der Waals surface area contributed by atoms with E-state index in [1.54, 1.807) is 36.0 Å². The topological polar surface area (TPSA) is 72.3 Å². The standard InChI is InChI=1S/C20H23Cl2N3O3S/c1-13-16(7-8-20(26)24(3)15-9-10-29(27,28)12-15)14(2)25(23-13)11-17-18(21)5-4-6-19(17)22/h4-8,15H,9-12H2,1-3H3/b8-7+. The third kappa shape index (κ3) is 4.85. The van der Waals surface area contributed by atoms with Gasteiger partial charge in [0.05, 0.1) is 23.7 Å². The zero-order valence-electron chi connectivity index (χ0n) is 16.5. The number of rotatable bonds is 5. The van der Waals surface area contributed by atoms with Crippen molar-refractivity contribution < 1.29 is 13.2 Å². The number of aromatic nitrogens is 2. The Hall–Kier alpha value is -1.83. The molecule has 0 spiro atoms. The van der Waals surface area contributed by atoms with Gasteiger partial charge in [0.25, 0.3) is 0 Å². The third-order valence-corrected chi connectivity index (χ3v) is 7.76. The summed E-state index contributed by atoms with van der Waals surface area (Å²) in [6, 6.07) is 5.09. The number of nitrogens with zero attached hydrogens (tertiary/aromatic N) is 3. The van der Waals surface area contributed by atoms with Crippen molar-refractivity contribution in [1.82, 2.24) is 14.7 Å². The molecule has 2 heterocycles. The highest BCUT2D eigenvalue weighted by molar-refractivity contribution is 7.91. The second-order valence-electron chi connectivity index (χ2n) is 7.28. The van der Waals surface area contributed by atoms with Crippen LogP contribution >= 0.6 is 23.2 Å². The zero-order chi connectivity index (χ0) is 21.3. The van der Waals surface area contributed by atoms with Crippen LogP contribution in [-0.4, -0.2) is 53.6 Å². The van der Waals surface area contributed by atoms with Crippen molar-refractivity contribution in [3.63, 3.8) is 0 Å². The molecule has 1 unspecified atom stereocenters. The van der Waals surface area contributed by atoms with Crippen molar-refractivity contribution in [3.8, 4) is 0 Å². The first-order valence-corrected chi connectivity index (χ1v) is 11.8. The molecule has 0 bridgehead atoms. The van der Waals surface area contributed by atoms with Gasteiger partial charge in [-0.05, 0) is 38.5 Å². The molecule has 1 saturated heterocycles. The van der Waals surface area contributed by atoms with Crippen LogP contribution in [0.15, 0.2) is 24.3 Å². The summed E-state index contributed by atoms with van der Waals surface area (Å²) in [5.41, 5.74) is 3.29. The number of benzene rings is 1. The number of hydrogen-bond donors (Lipinski definition) is 0. The van der Waals surface area contributed by atoms with Gasteiger partial charge in [0, 0.05) is 46.0 Å². The summed E-state index contributed by atoms with van der Waals surface area (Å²) in [7, 11) is -1.40. The monoisotopic (exact) mass is 455 g/mol. The summed E-state index contributed by atoms with van der Waals surface area (Å²) in [6.07, 6.45) is 3.67. The molecule has 0 aliphatic carbocycles. The summed E-state index contributed by atoms with van der Waals surface area (Å²) < 4.78 is 25.1. The number of carbonyl (C=O) groups is 1. The highest BCUT2D eigenvalue weighted by Crippen LogP contribution is 2.26. The van der Waals surface area contributed by atoms with Crippen molar-refractivity contribution in [2.45, 2.75) is 32.9 Å². The molecule has 0 N–H and O–H groups in total. The molecule has 1 amide bonds. The second kappa shape index (κ2) is 8.50. The fourth-order valence-corrected chi connectivity index (χ4v) is 5.76. The fourth-order valence-electron chi connectivity index (χ4n) is 3.47. The van der Waals surface area contributed by atoms with Crippen LogP contribution in [0.4, 0.5) is 0 Å². The van der Waals surface area contributed by atoms with Crippen LogP contribution in [-0.2, 0) is 21.2 Å². The molecule has 9 heteroatoms. The Morgan fingerprint density at radius 2 is 1.97 bits per heavy atom. The van der Waals surface area contributed by atoms with E-state index in [0.29, 0.717) is 23.0 Å². The molecular formula is C20H23Cl2N3O3S. The van der Waals surface area contributed by atoms with Crippen molar-refractivity contribution >= 4 is 45.0 Å². The van der Waals surface area contributed by atoms with Gasteiger partial charge in [0.2, 0.25) is 5.91 Å². The molecular weight excluding hydrogens is 433 g/mol. The van der Waals surface area contributed by atoms with Crippen LogP contribution in [0.1, 0.15) is 28.9 Å². The van der Waals surface area contributed by atoms with Gasteiger partial charge in [0.15, 0.2) is 9.84 Å². The SMILES string of the molecule is Cc1nn(Cc2c(Cl)cccc2Cl)c(C)c1/C=C/C(=O)N(C)C1CCS(=O)(=O)C1. The molecule has 1 aliphatic rings. The first-order chi connectivity index (χ1) is 13.6. The number of aryl methyl sites for hydroxylation is 1. The van der Waals surface area contributed by atoms with Gasteiger partial charge in [-0.25, -0.2) is 8.42 Å². The van der Waals surface area contributed by atoms with Crippen molar-refractivity contribution in [3.05, 3.63) is 56.8 Å². The molecule has 1 atom stereocenters. The van der Waals surface area contributed by atoms with E-state index in [1.165, 1.54) is 11.0 Å². The number of halogens is 2. The van der Waals surface area contributed by atoms with Crippen molar-refractivity contribution in [1.29, 1.82) is 0 Å². The zero-order valence-corrected chi connectivity index (χ0v) is 18.9. The molecule has 1 fully saturated rings. The lowest BCUT2D eigenvalue weighted by atomic mass is 10.1. The maximum Gasteiger partial charge on any atom is 0.246 e. The minimum Gasteiger partial charge on any atom is -0.338 e. The molecule has 0 saturated carbocycles. The van der Waals surface area contributed by atoms with Gasteiger partial charge in [-0.1, -0.05) is 29.3 Å². The van der Waals surface area contributed by atoms with Gasteiger partial charge in [-0.2, -0.15) is 5.10 Å². The Kier molecular flexibility index (Phi) is 6.41. The summed E-state index contributed by atoms with van der Waals surface area (Å²) in [4.78, 5) is 14.0. The first-order valence-electron chi connectivity index (χ1n) is 9.21. The molecule has 1 aromatic carbocycles. The minimum atomic E-state index is -3.04. The molecule has 156 valence electrons. The second-order valence-corrected chi connectivity index (χ2v) is 10.3. The van der Waals surface area contributed by atoms with E-state index < -0.39 is 9.84 Å². The average Bonchev–Trinajstić information content (AvgIpc) is 3.14. The van der Waals surface area contributed by atoms with Crippen LogP contribution in [0, 0.1) is 13.8 Å². The van der Waals surface area contributed by atoms with E-state index in [1.807, 2.05) is 13.8 Å². The van der Waals surface area contributed by atoms with E-state index in [4.69, 9.17) is 23.2 Å². The Morgan fingerprint density at radius 1 is 1.31 bits per heavy atom. The first kappa shape index (κ1) is 21.9. The van der Waals surface area contributed by atoms with E-state index in [0.717, 1.165) is 22.5 Å². The molecule has 2 aromatic rings. The fraction of sp³-hybridized carbons (Fsp3) is 0.400. The van der Waals surface area contributed by atoms with Crippen molar-refractivity contribution in [2.75, 3.05) is 18.6 Å². The van der Waals surface area contributed by atoms with E-state index >= 15 is 0 Å². The van der Waals surface area contributed by atoms with E-state index in [9.17, 15) is 13.2 Å². The third-order valence-electron chi connectivity index (χ3n) is 5.30. The minimum absolute atomic E-state index is 0.0255. The molecule has 1 aliphatic heterocycles. The molecule has 29 heavy (non-hydrogen) atoms. The molecule has 0 radical (unpaired) electrons. The highest BCUT2D eigenvalue weighted by Gasteiger charge is 2.32. The molecule has 3 rings (SSSR count).